The predicted octanol–water partition coefficient (Wildman–Crippen LogP) is -1.71. The molecule has 0 spiro atoms. The molecular formula is C13H27N3O+2. The van der Waals surface area contributed by atoms with Crippen LogP contribution in [0, 0.1) is 0 Å². The molecular weight excluding hydrogens is 214 g/mol. The van der Waals surface area contributed by atoms with Gasteiger partial charge in [-0.2, -0.15) is 0 Å². The van der Waals surface area contributed by atoms with Crippen LogP contribution in [-0.2, 0) is 4.79 Å². The fourth-order valence-electron chi connectivity index (χ4n) is 3.07. The van der Waals surface area contributed by atoms with Gasteiger partial charge in [0.05, 0.1) is 25.7 Å². The van der Waals surface area contributed by atoms with E-state index in [1.54, 1.807) is 4.90 Å². The van der Waals surface area contributed by atoms with Gasteiger partial charge in [0.25, 0.3) is 5.91 Å². The van der Waals surface area contributed by atoms with E-state index in [-0.39, 0.29) is 11.9 Å². The van der Waals surface area contributed by atoms with Gasteiger partial charge in [-0.1, -0.05) is 0 Å². The minimum Gasteiger partial charge on any atom is -0.351 e. The van der Waals surface area contributed by atoms with Crippen LogP contribution in [0.5, 0.6) is 0 Å². The fraction of sp³-hybridized carbons (Fsp3) is 0.923. The molecule has 98 valence electrons. The van der Waals surface area contributed by atoms with Gasteiger partial charge in [-0.25, -0.2) is 0 Å². The maximum absolute atomic E-state index is 11.9. The van der Waals surface area contributed by atoms with Crippen LogP contribution in [0.4, 0.5) is 0 Å². The highest BCUT2D eigenvalue weighted by Gasteiger charge is 2.30. The average molecular weight is 241 g/mol. The van der Waals surface area contributed by atoms with Gasteiger partial charge in [0.1, 0.15) is 0 Å². The number of nitrogens with one attached hydrogen (secondary N) is 2. The van der Waals surface area contributed by atoms with Gasteiger partial charge in [-0.3, -0.25) is 4.79 Å². The van der Waals surface area contributed by atoms with Gasteiger partial charge in [-0.05, 0) is 19.8 Å². The quantitative estimate of drug-likeness (QED) is 0.541. The second-order valence-electron chi connectivity index (χ2n) is 5.53. The summed E-state index contributed by atoms with van der Waals surface area (Å²) in [5.41, 5.74) is 0. The molecule has 0 unspecified atom stereocenters. The average Bonchev–Trinajstić information content (AvgIpc) is 2.56. The number of amides is 1. The number of likely N-dealkylation sites (tertiary alicyclic amines) is 1. The molecule has 1 amide bonds. The lowest BCUT2D eigenvalue weighted by Crippen LogP contribution is -3.15. The van der Waals surface area contributed by atoms with Gasteiger partial charge in [0, 0.05) is 25.8 Å². The van der Waals surface area contributed by atoms with Crippen molar-refractivity contribution in [2.24, 2.45) is 0 Å². The van der Waals surface area contributed by atoms with Crippen molar-refractivity contribution in [3.63, 3.8) is 0 Å². The minimum atomic E-state index is 0.186. The number of rotatable bonds is 3. The summed E-state index contributed by atoms with van der Waals surface area (Å²) in [5, 5.41) is 5.38. The van der Waals surface area contributed by atoms with E-state index in [2.05, 4.69) is 17.6 Å². The summed E-state index contributed by atoms with van der Waals surface area (Å²) in [4.78, 5) is 13.6. The van der Waals surface area contributed by atoms with E-state index >= 15 is 0 Å². The van der Waals surface area contributed by atoms with Gasteiger partial charge >= 0.3 is 0 Å². The SMILES string of the molecule is CC[NH+]1CCC([NH2+][C@H]2CCCCNC2=O)CC1. The highest BCUT2D eigenvalue weighted by molar-refractivity contribution is 5.80. The molecule has 0 aromatic heterocycles. The Morgan fingerprint density at radius 3 is 2.76 bits per heavy atom. The lowest BCUT2D eigenvalue weighted by molar-refractivity contribution is -0.912. The number of nitrogens with two attached hydrogens (primary N) is 1. The number of quaternary nitrogens is 2. The van der Waals surface area contributed by atoms with Crippen LogP contribution in [0.25, 0.3) is 0 Å². The molecule has 0 bridgehead atoms. The van der Waals surface area contributed by atoms with E-state index in [0.717, 1.165) is 19.4 Å². The summed E-state index contributed by atoms with van der Waals surface area (Å²) in [5.74, 6) is 0.271. The molecule has 2 heterocycles. The van der Waals surface area contributed by atoms with Crippen LogP contribution in [0.15, 0.2) is 0 Å². The molecule has 2 saturated heterocycles. The third-order valence-electron chi connectivity index (χ3n) is 4.32. The smallest absolute Gasteiger partial charge is 0.278 e. The standard InChI is InChI=1S/C13H25N3O/c1-2-16-9-6-11(7-10-16)15-12-5-3-4-8-14-13(12)17/h11-12,15H,2-10H2,1H3,(H,14,17)/p+2/t12-/m0/s1. The molecule has 2 aliphatic rings. The van der Waals surface area contributed by atoms with Crippen LogP contribution in [-0.4, -0.2) is 44.2 Å². The van der Waals surface area contributed by atoms with Crippen LogP contribution >= 0.6 is 0 Å². The fourth-order valence-corrected chi connectivity index (χ4v) is 3.07. The van der Waals surface area contributed by atoms with E-state index in [0.29, 0.717) is 6.04 Å². The summed E-state index contributed by atoms with van der Waals surface area (Å²) in [6, 6.07) is 0.866. The molecule has 4 heteroatoms. The third kappa shape index (κ3) is 3.68. The van der Waals surface area contributed by atoms with Crippen molar-refractivity contribution in [2.75, 3.05) is 26.2 Å². The Morgan fingerprint density at radius 1 is 1.29 bits per heavy atom. The molecule has 2 aliphatic heterocycles. The van der Waals surface area contributed by atoms with Crippen LogP contribution in [0.1, 0.15) is 39.0 Å². The molecule has 4 N–H and O–H groups in total. The normalized spacial score (nSPS) is 35.1. The van der Waals surface area contributed by atoms with E-state index < -0.39 is 0 Å². The number of piperidine rings is 1. The largest absolute Gasteiger partial charge is 0.351 e. The number of hydrogen-bond donors (Lipinski definition) is 3. The van der Waals surface area contributed by atoms with Crippen molar-refractivity contribution in [3.05, 3.63) is 0 Å². The molecule has 17 heavy (non-hydrogen) atoms. The van der Waals surface area contributed by atoms with Crippen molar-refractivity contribution in [3.8, 4) is 0 Å². The lowest BCUT2D eigenvalue weighted by atomic mass is 10.0. The summed E-state index contributed by atoms with van der Waals surface area (Å²) in [6.07, 6.45) is 5.94. The van der Waals surface area contributed by atoms with E-state index in [4.69, 9.17) is 0 Å². The summed E-state index contributed by atoms with van der Waals surface area (Å²) >= 11 is 0. The summed E-state index contributed by atoms with van der Waals surface area (Å²) in [6.45, 7) is 6.95. The monoisotopic (exact) mass is 241 g/mol. The molecule has 2 fully saturated rings. The van der Waals surface area contributed by atoms with Gasteiger partial charge in [0.15, 0.2) is 6.04 Å². The highest BCUT2D eigenvalue weighted by Crippen LogP contribution is 2.03. The zero-order valence-corrected chi connectivity index (χ0v) is 11.0. The Balaban J connectivity index is 1.78. The van der Waals surface area contributed by atoms with E-state index in [1.807, 2.05) is 0 Å². The Labute approximate surface area is 104 Å². The first-order chi connectivity index (χ1) is 8.29. The molecule has 0 saturated carbocycles. The lowest BCUT2D eigenvalue weighted by Gasteiger charge is -2.28. The first-order valence-corrected chi connectivity index (χ1v) is 7.26. The first kappa shape index (κ1) is 12.8. The topological polar surface area (TPSA) is 50.1 Å². The Morgan fingerprint density at radius 2 is 2.06 bits per heavy atom. The molecule has 0 radical (unpaired) electrons. The van der Waals surface area contributed by atoms with Gasteiger partial charge in [0.2, 0.25) is 0 Å². The summed E-state index contributed by atoms with van der Waals surface area (Å²) < 4.78 is 0. The summed E-state index contributed by atoms with van der Waals surface area (Å²) in [7, 11) is 0. The second-order valence-corrected chi connectivity index (χ2v) is 5.53. The molecule has 0 aromatic carbocycles. The Hall–Kier alpha value is -0.610. The zero-order valence-electron chi connectivity index (χ0n) is 11.0. The van der Waals surface area contributed by atoms with Crippen LogP contribution in [0.2, 0.25) is 0 Å². The molecule has 0 aliphatic carbocycles. The van der Waals surface area contributed by atoms with Crippen molar-refractivity contribution in [1.29, 1.82) is 0 Å². The first-order valence-electron chi connectivity index (χ1n) is 7.26. The van der Waals surface area contributed by atoms with Crippen LogP contribution in [0.3, 0.4) is 0 Å². The third-order valence-corrected chi connectivity index (χ3v) is 4.32. The van der Waals surface area contributed by atoms with Crippen LogP contribution < -0.4 is 15.5 Å². The number of carbonyl (C=O) groups is 1. The Bertz CT molecular complexity index is 249. The Kier molecular flexibility index (Phi) is 4.80. The molecule has 1 atom stereocenters. The van der Waals surface area contributed by atoms with Gasteiger partial charge < -0.3 is 15.5 Å². The second kappa shape index (κ2) is 6.36. The minimum absolute atomic E-state index is 0.186. The molecule has 2 rings (SSSR count). The molecule has 0 aromatic rings. The maximum atomic E-state index is 11.9. The highest BCUT2D eigenvalue weighted by atomic mass is 16.2. The molecule has 4 nitrogen and oxygen atoms in total. The zero-order chi connectivity index (χ0) is 12.1. The van der Waals surface area contributed by atoms with E-state index in [9.17, 15) is 4.79 Å². The number of carbonyl (C=O) groups excluding carboxylic acids is 1. The van der Waals surface area contributed by atoms with E-state index in [1.165, 1.54) is 38.9 Å². The number of hydrogen-bond acceptors (Lipinski definition) is 1. The van der Waals surface area contributed by atoms with Crippen molar-refractivity contribution >= 4 is 5.91 Å². The maximum Gasteiger partial charge on any atom is 0.278 e. The van der Waals surface area contributed by atoms with Gasteiger partial charge in [-0.15, -0.1) is 0 Å². The van der Waals surface area contributed by atoms with Crippen molar-refractivity contribution in [2.45, 2.75) is 51.1 Å². The van der Waals surface area contributed by atoms with Crippen molar-refractivity contribution < 1.29 is 15.0 Å². The predicted molar refractivity (Wildman–Crippen MR) is 66.8 cm³/mol. The van der Waals surface area contributed by atoms with Crippen molar-refractivity contribution in [1.82, 2.24) is 5.32 Å².